The Kier molecular flexibility index (Phi) is 4.43. The minimum atomic E-state index is -0.249. The SMILES string of the molecule is CCOC(=O)Cn1c(CCCl)nc2cccc(C)c21. The Morgan fingerprint density at radius 1 is 1.47 bits per heavy atom. The van der Waals surface area contributed by atoms with Gasteiger partial charge in [-0.15, -0.1) is 11.6 Å². The zero-order valence-electron chi connectivity index (χ0n) is 11.1. The van der Waals surface area contributed by atoms with Crippen LogP contribution in [0.15, 0.2) is 18.2 Å². The van der Waals surface area contributed by atoms with Gasteiger partial charge in [0.25, 0.3) is 0 Å². The molecule has 5 heteroatoms. The molecule has 0 atom stereocenters. The van der Waals surface area contributed by atoms with Crippen molar-refractivity contribution in [1.29, 1.82) is 0 Å². The third-order valence-corrected chi connectivity index (χ3v) is 3.15. The third kappa shape index (κ3) is 2.89. The lowest BCUT2D eigenvalue weighted by molar-refractivity contribution is -0.143. The first-order chi connectivity index (χ1) is 9.17. The molecule has 102 valence electrons. The van der Waals surface area contributed by atoms with Crippen molar-refractivity contribution in [3.63, 3.8) is 0 Å². The van der Waals surface area contributed by atoms with Gasteiger partial charge in [-0.1, -0.05) is 12.1 Å². The summed E-state index contributed by atoms with van der Waals surface area (Å²) in [6, 6.07) is 5.92. The van der Waals surface area contributed by atoms with Crippen LogP contribution in [0.3, 0.4) is 0 Å². The number of halogens is 1. The van der Waals surface area contributed by atoms with E-state index in [2.05, 4.69) is 4.98 Å². The molecule has 1 aromatic carbocycles. The van der Waals surface area contributed by atoms with Crippen LogP contribution in [-0.4, -0.2) is 28.0 Å². The first kappa shape index (κ1) is 13.9. The normalized spacial score (nSPS) is 10.9. The van der Waals surface area contributed by atoms with Crippen LogP contribution >= 0.6 is 11.6 Å². The largest absolute Gasteiger partial charge is 0.465 e. The van der Waals surface area contributed by atoms with E-state index in [0.717, 1.165) is 22.4 Å². The summed E-state index contributed by atoms with van der Waals surface area (Å²) in [5.41, 5.74) is 2.97. The summed E-state index contributed by atoms with van der Waals surface area (Å²) < 4.78 is 6.92. The molecule has 0 saturated heterocycles. The summed E-state index contributed by atoms with van der Waals surface area (Å²) >= 11 is 5.80. The van der Waals surface area contributed by atoms with E-state index in [4.69, 9.17) is 16.3 Å². The number of aromatic nitrogens is 2. The molecule has 1 heterocycles. The Labute approximate surface area is 117 Å². The van der Waals surface area contributed by atoms with Crippen molar-refractivity contribution in [3.8, 4) is 0 Å². The van der Waals surface area contributed by atoms with Crippen LogP contribution in [0.4, 0.5) is 0 Å². The van der Waals surface area contributed by atoms with Gasteiger partial charge in [0.1, 0.15) is 12.4 Å². The van der Waals surface area contributed by atoms with Gasteiger partial charge in [-0.25, -0.2) is 4.98 Å². The molecule has 0 aliphatic carbocycles. The molecule has 0 saturated carbocycles. The number of aryl methyl sites for hydroxylation is 2. The summed E-state index contributed by atoms with van der Waals surface area (Å²) in [6.07, 6.45) is 0.634. The number of para-hydroxylation sites is 1. The molecule has 2 aromatic rings. The highest BCUT2D eigenvalue weighted by atomic mass is 35.5. The van der Waals surface area contributed by atoms with Crippen LogP contribution in [0.2, 0.25) is 0 Å². The molecule has 0 radical (unpaired) electrons. The second-order valence-electron chi connectivity index (χ2n) is 4.30. The maximum absolute atomic E-state index is 11.7. The molecule has 0 unspecified atom stereocenters. The van der Waals surface area contributed by atoms with Gasteiger partial charge in [0.15, 0.2) is 0 Å². The molecular weight excluding hydrogens is 264 g/mol. The fourth-order valence-electron chi connectivity index (χ4n) is 2.19. The maximum atomic E-state index is 11.7. The number of fused-ring (bicyclic) bond motifs is 1. The van der Waals surface area contributed by atoms with Gasteiger partial charge < -0.3 is 9.30 Å². The summed E-state index contributed by atoms with van der Waals surface area (Å²) in [5.74, 6) is 1.05. The van der Waals surface area contributed by atoms with Gasteiger partial charge in [-0.3, -0.25) is 4.79 Å². The van der Waals surface area contributed by atoms with E-state index in [-0.39, 0.29) is 12.5 Å². The van der Waals surface area contributed by atoms with E-state index in [0.29, 0.717) is 18.9 Å². The zero-order valence-corrected chi connectivity index (χ0v) is 11.9. The maximum Gasteiger partial charge on any atom is 0.326 e. The van der Waals surface area contributed by atoms with E-state index in [1.54, 1.807) is 6.92 Å². The Balaban J connectivity index is 2.48. The smallest absolute Gasteiger partial charge is 0.326 e. The minimum Gasteiger partial charge on any atom is -0.465 e. The number of benzene rings is 1. The second-order valence-corrected chi connectivity index (χ2v) is 4.68. The van der Waals surface area contributed by atoms with E-state index < -0.39 is 0 Å². The number of esters is 1. The lowest BCUT2D eigenvalue weighted by Crippen LogP contribution is -2.16. The van der Waals surface area contributed by atoms with Gasteiger partial charge in [0.05, 0.1) is 17.6 Å². The fourth-order valence-corrected chi connectivity index (χ4v) is 2.36. The molecule has 0 fully saturated rings. The van der Waals surface area contributed by atoms with Crippen molar-refractivity contribution in [2.24, 2.45) is 0 Å². The molecule has 1 aromatic heterocycles. The number of rotatable bonds is 5. The third-order valence-electron chi connectivity index (χ3n) is 2.96. The van der Waals surface area contributed by atoms with Gasteiger partial charge in [-0.2, -0.15) is 0 Å². The summed E-state index contributed by atoms with van der Waals surface area (Å²) in [6.45, 7) is 4.38. The van der Waals surface area contributed by atoms with E-state index in [1.807, 2.05) is 29.7 Å². The number of ether oxygens (including phenoxy) is 1. The molecule has 0 spiro atoms. The van der Waals surface area contributed by atoms with Crippen molar-refractivity contribution < 1.29 is 9.53 Å². The summed E-state index contributed by atoms with van der Waals surface area (Å²) in [4.78, 5) is 16.3. The first-order valence-corrected chi connectivity index (χ1v) is 6.87. The number of carbonyl (C=O) groups is 1. The minimum absolute atomic E-state index is 0.182. The average Bonchev–Trinajstić information content (AvgIpc) is 2.70. The number of carbonyl (C=O) groups excluding carboxylic acids is 1. The van der Waals surface area contributed by atoms with Gasteiger partial charge in [0, 0.05) is 12.3 Å². The highest BCUT2D eigenvalue weighted by Gasteiger charge is 2.15. The quantitative estimate of drug-likeness (QED) is 0.625. The Morgan fingerprint density at radius 3 is 2.95 bits per heavy atom. The molecule has 0 amide bonds. The first-order valence-electron chi connectivity index (χ1n) is 6.33. The molecule has 0 aliphatic heterocycles. The lowest BCUT2D eigenvalue weighted by atomic mass is 10.2. The van der Waals surface area contributed by atoms with Crippen molar-refractivity contribution in [2.75, 3.05) is 12.5 Å². The van der Waals surface area contributed by atoms with E-state index in [9.17, 15) is 4.79 Å². The average molecular weight is 281 g/mol. The second kappa shape index (κ2) is 6.06. The molecule has 19 heavy (non-hydrogen) atoms. The van der Waals surface area contributed by atoms with E-state index in [1.165, 1.54) is 0 Å². The van der Waals surface area contributed by atoms with Gasteiger partial charge >= 0.3 is 5.97 Å². The number of nitrogens with zero attached hydrogens (tertiary/aromatic N) is 2. The van der Waals surface area contributed by atoms with Crippen LogP contribution in [0.25, 0.3) is 11.0 Å². The standard InChI is InChI=1S/C14H17ClN2O2/c1-3-19-13(18)9-17-12(7-8-15)16-11-6-4-5-10(2)14(11)17/h4-6H,3,7-9H2,1-2H3. The Hall–Kier alpha value is -1.55. The van der Waals surface area contributed by atoms with Crippen LogP contribution < -0.4 is 0 Å². The lowest BCUT2D eigenvalue weighted by Gasteiger charge is -2.09. The van der Waals surface area contributed by atoms with Crippen LogP contribution in [0.1, 0.15) is 18.3 Å². The van der Waals surface area contributed by atoms with E-state index >= 15 is 0 Å². The molecule has 0 aliphatic rings. The molecule has 4 nitrogen and oxygen atoms in total. The summed E-state index contributed by atoms with van der Waals surface area (Å²) in [7, 11) is 0. The van der Waals surface area contributed by atoms with Crippen LogP contribution in [-0.2, 0) is 22.5 Å². The Morgan fingerprint density at radius 2 is 2.26 bits per heavy atom. The highest BCUT2D eigenvalue weighted by molar-refractivity contribution is 6.17. The van der Waals surface area contributed by atoms with Gasteiger partial charge in [0.2, 0.25) is 0 Å². The molecule has 0 bridgehead atoms. The highest BCUT2D eigenvalue weighted by Crippen LogP contribution is 2.20. The topological polar surface area (TPSA) is 44.1 Å². The Bertz CT molecular complexity index is 592. The fraction of sp³-hybridized carbons (Fsp3) is 0.429. The predicted molar refractivity (Wildman–Crippen MR) is 75.5 cm³/mol. The molecular formula is C14H17ClN2O2. The number of alkyl halides is 1. The number of imidazole rings is 1. The van der Waals surface area contributed by atoms with Crippen LogP contribution in [0.5, 0.6) is 0 Å². The summed E-state index contributed by atoms with van der Waals surface area (Å²) in [5, 5.41) is 0. The van der Waals surface area contributed by atoms with Gasteiger partial charge in [-0.05, 0) is 25.5 Å². The number of hydrogen-bond acceptors (Lipinski definition) is 3. The van der Waals surface area contributed by atoms with Crippen molar-refractivity contribution >= 4 is 28.6 Å². The predicted octanol–water partition coefficient (Wildman–Crippen LogP) is 2.69. The monoisotopic (exact) mass is 280 g/mol. The van der Waals surface area contributed by atoms with Crippen LogP contribution in [0, 0.1) is 6.92 Å². The zero-order chi connectivity index (χ0) is 13.8. The van der Waals surface area contributed by atoms with Crippen molar-refractivity contribution in [3.05, 3.63) is 29.6 Å². The molecule has 2 rings (SSSR count). The number of hydrogen-bond donors (Lipinski definition) is 0. The van der Waals surface area contributed by atoms with Crippen molar-refractivity contribution in [1.82, 2.24) is 9.55 Å². The van der Waals surface area contributed by atoms with Crippen molar-refractivity contribution in [2.45, 2.75) is 26.8 Å². The molecule has 0 N–H and O–H groups in total.